The smallest absolute Gasteiger partial charge is 0.229 e. The van der Waals surface area contributed by atoms with Crippen LogP contribution in [-0.4, -0.2) is 37.0 Å². The molecule has 1 aliphatic rings. The molecule has 122 valence electrons. The average Bonchev–Trinajstić information content (AvgIpc) is 2.60. The Hall–Kier alpha value is -2.07. The molecule has 1 atom stereocenters. The van der Waals surface area contributed by atoms with Crippen molar-refractivity contribution >= 4 is 16.7 Å². The van der Waals surface area contributed by atoms with Gasteiger partial charge in [0, 0.05) is 19.1 Å². The van der Waals surface area contributed by atoms with Gasteiger partial charge >= 0.3 is 0 Å². The molecule has 0 aliphatic carbocycles. The van der Waals surface area contributed by atoms with Gasteiger partial charge in [-0.3, -0.25) is 4.79 Å². The summed E-state index contributed by atoms with van der Waals surface area (Å²) < 4.78 is 5.26. The first kappa shape index (κ1) is 15.8. The molecule has 1 amide bonds. The van der Waals surface area contributed by atoms with E-state index in [1.165, 1.54) is 0 Å². The Bertz CT molecular complexity index is 706. The summed E-state index contributed by atoms with van der Waals surface area (Å²) in [6.07, 6.45) is 1.80. The van der Waals surface area contributed by atoms with Crippen LogP contribution in [0.15, 0.2) is 36.4 Å². The van der Waals surface area contributed by atoms with E-state index in [9.17, 15) is 4.79 Å². The second-order valence-electron chi connectivity index (χ2n) is 6.36. The van der Waals surface area contributed by atoms with Crippen molar-refractivity contribution in [2.24, 2.45) is 5.73 Å². The Labute approximate surface area is 137 Å². The molecule has 23 heavy (non-hydrogen) atoms. The zero-order valence-corrected chi connectivity index (χ0v) is 13.8. The third-order valence-corrected chi connectivity index (χ3v) is 4.79. The highest BCUT2D eigenvalue weighted by Crippen LogP contribution is 2.26. The normalized spacial score (nSPS) is 17.3. The highest BCUT2D eigenvalue weighted by atomic mass is 16.5. The summed E-state index contributed by atoms with van der Waals surface area (Å²) >= 11 is 0. The predicted octanol–water partition coefficient (Wildman–Crippen LogP) is 2.90. The van der Waals surface area contributed by atoms with Gasteiger partial charge in [0.1, 0.15) is 5.75 Å². The van der Waals surface area contributed by atoms with Crippen molar-refractivity contribution in [1.29, 1.82) is 0 Å². The summed E-state index contributed by atoms with van der Waals surface area (Å²) in [7, 11) is 1.67. The van der Waals surface area contributed by atoms with E-state index in [0.29, 0.717) is 0 Å². The van der Waals surface area contributed by atoms with Gasteiger partial charge in [0.15, 0.2) is 0 Å². The number of likely N-dealkylation sites (tertiary alicyclic amines) is 1. The van der Waals surface area contributed by atoms with Crippen molar-refractivity contribution in [2.75, 3.05) is 20.2 Å². The number of nitrogens with zero attached hydrogens (tertiary/aromatic N) is 1. The number of nitrogens with two attached hydrogens (primary N) is 1. The van der Waals surface area contributed by atoms with Crippen LogP contribution in [0.5, 0.6) is 5.75 Å². The number of fused-ring (bicyclic) bond motifs is 1. The molecule has 1 heterocycles. The summed E-state index contributed by atoms with van der Waals surface area (Å²) in [4.78, 5) is 14.7. The van der Waals surface area contributed by atoms with E-state index in [-0.39, 0.29) is 17.9 Å². The summed E-state index contributed by atoms with van der Waals surface area (Å²) in [5, 5.41) is 2.25. The maximum Gasteiger partial charge on any atom is 0.229 e. The first-order valence-electron chi connectivity index (χ1n) is 8.20. The minimum atomic E-state index is -0.129. The lowest BCUT2D eigenvalue weighted by atomic mass is 9.95. The molecule has 2 N–H and O–H groups in total. The number of methoxy groups -OCH3 is 1. The van der Waals surface area contributed by atoms with Crippen molar-refractivity contribution < 1.29 is 9.53 Å². The Morgan fingerprint density at radius 1 is 1.17 bits per heavy atom. The van der Waals surface area contributed by atoms with E-state index in [0.717, 1.165) is 48.0 Å². The number of hydrogen-bond donors (Lipinski definition) is 1. The molecule has 1 saturated heterocycles. The van der Waals surface area contributed by atoms with Gasteiger partial charge in [-0.1, -0.05) is 24.3 Å². The highest BCUT2D eigenvalue weighted by Gasteiger charge is 2.25. The minimum Gasteiger partial charge on any atom is -0.497 e. The second kappa shape index (κ2) is 6.59. The van der Waals surface area contributed by atoms with Gasteiger partial charge in [0.2, 0.25) is 5.91 Å². The Kier molecular flexibility index (Phi) is 4.53. The van der Waals surface area contributed by atoms with Crippen LogP contribution in [0.25, 0.3) is 10.8 Å². The molecule has 0 saturated carbocycles. The highest BCUT2D eigenvalue weighted by molar-refractivity contribution is 5.88. The van der Waals surface area contributed by atoms with Gasteiger partial charge in [-0.05, 0) is 48.2 Å². The summed E-state index contributed by atoms with van der Waals surface area (Å²) in [5.74, 6) is 0.916. The van der Waals surface area contributed by atoms with Gasteiger partial charge in [-0.2, -0.15) is 0 Å². The molecule has 1 aliphatic heterocycles. The summed E-state index contributed by atoms with van der Waals surface area (Å²) in [6, 6.07) is 12.4. The molecule has 0 spiro atoms. The molecular weight excluding hydrogens is 288 g/mol. The number of benzene rings is 2. The van der Waals surface area contributed by atoms with Gasteiger partial charge in [0.05, 0.1) is 13.0 Å². The average molecular weight is 312 g/mol. The van der Waals surface area contributed by atoms with E-state index in [1.54, 1.807) is 7.11 Å². The number of piperidine rings is 1. The third kappa shape index (κ3) is 3.32. The number of ether oxygens (including phenoxy) is 1. The number of rotatable bonds is 3. The van der Waals surface area contributed by atoms with E-state index >= 15 is 0 Å². The topological polar surface area (TPSA) is 55.6 Å². The van der Waals surface area contributed by atoms with E-state index < -0.39 is 0 Å². The molecule has 1 fully saturated rings. The van der Waals surface area contributed by atoms with Crippen LogP contribution in [0.4, 0.5) is 0 Å². The second-order valence-corrected chi connectivity index (χ2v) is 6.36. The van der Waals surface area contributed by atoms with Gasteiger partial charge in [-0.25, -0.2) is 0 Å². The fraction of sp³-hybridized carbons (Fsp3) is 0.421. The number of hydrogen-bond acceptors (Lipinski definition) is 3. The zero-order valence-electron chi connectivity index (χ0n) is 13.8. The molecule has 4 nitrogen and oxygen atoms in total. The maximum absolute atomic E-state index is 12.7. The quantitative estimate of drug-likeness (QED) is 0.948. The minimum absolute atomic E-state index is 0.129. The molecule has 2 aromatic carbocycles. The van der Waals surface area contributed by atoms with Crippen LogP contribution in [-0.2, 0) is 4.79 Å². The number of carbonyl (C=O) groups excluding carboxylic acids is 1. The zero-order chi connectivity index (χ0) is 16.4. The molecule has 0 bridgehead atoms. The van der Waals surface area contributed by atoms with Crippen LogP contribution in [0.1, 0.15) is 31.2 Å². The van der Waals surface area contributed by atoms with Crippen molar-refractivity contribution in [1.82, 2.24) is 4.90 Å². The first-order valence-corrected chi connectivity index (χ1v) is 8.20. The van der Waals surface area contributed by atoms with Crippen LogP contribution < -0.4 is 10.5 Å². The summed E-state index contributed by atoms with van der Waals surface area (Å²) in [5.41, 5.74) is 6.98. The summed E-state index contributed by atoms with van der Waals surface area (Å²) in [6.45, 7) is 3.53. The fourth-order valence-electron chi connectivity index (χ4n) is 3.17. The lowest BCUT2D eigenvalue weighted by Crippen LogP contribution is -2.44. The standard InChI is InChI=1S/C19H24N2O2/c1-13(19(22)21-9-7-17(20)8-10-21)14-3-4-16-12-18(23-2)6-5-15(16)11-14/h3-6,11-13,17H,7-10,20H2,1-2H3. The molecule has 0 radical (unpaired) electrons. The van der Waals surface area contributed by atoms with Crippen molar-refractivity contribution in [2.45, 2.75) is 31.7 Å². The largest absolute Gasteiger partial charge is 0.497 e. The van der Waals surface area contributed by atoms with E-state index in [2.05, 4.69) is 12.1 Å². The van der Waals surface area contributed by atoms with E-state index in [4.69, 9.17) is 10.5 Å². The molecule has 3 rings (SSSR count). The Morgan fingerprint density at radius 3 is 2.52 bits per heavy atom. The molecule has 1 unspecified atom stereocenters. The van der Waals surface area contributed by atoms with Crippen molar-refractivity contribution in [3.63, 3.8) is 0 Å². The van der Waals surface area contributed by atoms with Crippen LogP contribution in [0.2, 0.25) is 0 Å². The molecule has 2 aromatic rings. The molecular formula is C19H24N2O2. The molecule has 0 aromatic heterocycles. The maximum atomic E-state index is 12.7. The van der Waals surface area contributed by atoms with Gasteiger partial charge < -0.3 is 15.4 Å². The van der Waals surface area contributed by atoms with Crippen molar-refractivity contribution in [3.05, 3.63) is 42.0 Å². The molecule has 4 heteroatoms. The van der Waals surface area contributed by atoms with Crippen LogP contribution in [0, 0.1) is 0 Å². The Morgan fingerprint density at radius 2 is 1.83 bits per heavy atom. The number of carbonyl (C=O) groups is 1. The van der Waals surface area contributed by atoms with Gasteiger partial charge in [0.25, 0.3) is 0 Å². The number of amides is 1. The van der Waals surface area contributed by atoms with Gasteiger partial charge in [-0.15, -0.1) is 0 Å². The van der Waals surface area contributed by atoms with Crippen molar-refractivity contribution in [3.8, 4) is 5.75 Å². The predicted molar refractivity (Wildman–Crippen MR) is 92.7 cm³/mol. The van der Waals surface area contributed by atoms with E-state index in [1.807, 2.05) is 36.1 Å². The third-order valence-electron chi connectivity index (χ3n) is 4.79. The lowest BCUT2D eigenvalue weighted by molar-refractivity contribution is -0.133. The van der Waals surface area contributed by atoms with Crippen LogP contribution >= 0.6 is 0 Å². The van der Waals surface area contributed by atoms with Crippen LogP contribution in [0.3, 0.4) is 0 Å². The fourth-order valence-corrected chi connectivity index (χ4v) is 3.17. The first-order chi connectivity index (χ1) is 11.1. The lowest BCUT2D eigenvalue weighted by Gasteiger charge is -2.32. The monoisotopic (exact) mass is 312 g/mol. The SMILES string of the molecule is COc1ccc2cc(C(C)C(=O)N3CCC(N)CC3)ccc2c1. The Balaban J connectivity index is 1.80.